The van der Waals surface area contributed by atoms with Gasteiger partial charge in [0.15, 0.2) is 0 Å². The third kappa shape index (κ3) is 4.20. The monoisotopic (exact) mass is 322 g/mol. The van der Waals surface area contributed by atoms with Gasteiger partial charge < -0.3 is 9.64 Å². The van der Waals surface area contributed by atoms with Crippen LogP contribution < -0.4 is 0 Å². The molecule has 0 bridgehead atoms. The number of nitriles is 1. The molecule has 0 aromatic heterocycles. The Morgan fingerprint density at radius 1 is 1.12 bits per heavy atom. The number of hydrogen-bond donors (Lipinski definition) is 0. The van der Waals surface area contributed by atoms with Crippen molar-refractivity contribution in [2.45, 2.75) is 13.0 Å². The third-order valence-electron chi connectivity index (χ3n) is 3.66. The number of amides is 1. The number of carbonyl (C=O) groups excluding carboxylic acids is 2. The molecule has 0 saturated carbocycles. The van der Waals surface area contributed by atoms with Gasteiger partial charge in [-0.15, -0.1) is 0 Å². The van der Waals surface area contributed by atoms with Crippen molar-refractivity contribution in [3.05, 3.63) is 70.8 Å². The smallest absolute Gasteiger partial charge is 0.310 e. The summed E-state index contributed by atoms with van der Waals surface area (Å²) in [5.74, 6) is -0.552. The van der Waals surface area contributed by atoms with Gasteiger partial charge in [-0.3, -0.25) is 9.59 Å². The second-order valence-electron chi connectivity index (χ2n) is 5.38. The first-order valence-electron chi connectivity index (χ1n) is 7.44. The molecule has 0 unspecified atom stereocenters. The molecule has 0 aliphatic carbocycles. The lowest BCUT2D eigenvalue weighted by Crippen LogP contribution is -2.27. The first-order chi connectivity index (χ1) is 11.5. The quantitative estimate of drug-likeness (QED) is 0.793. The topological polar surface area (TPSA) is 70.4 Å². The van der Waals surface area contributed by atoms with Gasteiger partial charge in [-0.1, -0.05) is 30.3 Å². The highest BCUT2D eigenvalue weighted by Gasteiger charge is 2.17. The van der Waals surface area contributed by atoms with Gasteiger partial charge in [-0.25, -0.2) is 0 Å². The van der Waals surface area contributed by atoms with E-state index in [1.54, 1.807) is 48.3 Å². The number of benzene rings is 2. The lowest BCUT2D eigenvalue weighted by molar-refractivity contribution is -0.139. The van der Waals surface area contributed by atoms with Gasteiger partial charge in [0, 0.05) is 19.2 Å². The SMILES string of the molecule is COC(=O)Cc1ccccc1C(=O)N(C)Cc1ccc(C#N)cc1. The zero-order valence-corrected chi connectivity index (χ0v) is 13.7. The highest BCUT2D eigenvalue weighted by Crippen LogP contribution is 2.15. The lowest BCUT2D eigenvalue weighted by atomic mass is 10.0. The minimum atomic E-state index is -0.384. The molecule has 0 heterocycles. The van der Waals surface area contributed by atoms with Gasteiger partial charge >= 0.3 is 5.97 Å². The Morgan fingerprint density at radius 3 is 2.42 bits per heavy atom. The van der Waals surface area contributed by atoms with Gasteiger partial charge in [0.2, 0.25) is 0 Å². The Bertz CT molecular complexity index is 776. The molecule has 1 amide bonds. The largest absolute Gasteiger partial charge is 0.469 e. The summed E-state index contributed by atoms with van der Waals surface area (Å²) in [7, 11) is 3.03. The summed E-state index contributed by atoms with van der Waals surface area (Å²) in [6.07, 6.45) is 0.0587. The maximum absolute atomic E-state index is 12.7. The molecule has 0 fully saturated rings. The minimum absolute atomic E-state index is 0.0587. The maximum atomic E-state index is 12.7. The fourth-order valence-corrected chi connectivity index (χ4v) is 2.35. The van der Waals surface area contributed by atoms with Crippen molar-refractivity contribution < 1.29 is 14.3 Å². The van der Waals surface area contributed by atoms with E-state index in [1.807, 2.05) is 12.1 Å². The average Bonchev–Trinajstić information content (AvgIpc) is 2.62. The number of nitrogens with zero attached hydrogens (tertiary/aromatic N) is 2. The second kappa shape index (κ2) is 7.93. The zero-order valence-electron chi connectivity index (χ0n) is 13.7. The summed E-state index contributed by atoms with van der Waals surface area (Å²) < 4.78 is 4.68. The minimum Gasteiger partial charge on any atom is -0.469 e. The fourth-order valence-electron chi connectivity index (χ4n) is 2.35. The van der Waals surface area contributed by atoms with E-state index < -0.39 is 0 Å². The molecule has 2 rings (SSSR count). The summed E-state index contributed by atoms with van der Waals surface area (Å²) in [5, 5.41) is 8.82. The van der Waals surface area contributed by atoms with Gasteiger partial charge in [-0.2, -0.15) is 5.26 Å². The molecule has 0 radical (unpaired) electrons. The molecule has 5 nitrogen and oxygen atoms in total. The third-order valence-corrected chi connectivity index (χ3v) is 3.66. The van der Waals surface area contributed by atoms with Crippen molar-refractivity contribution in [1.29, 1.82) is 5.26 Å². The van der Waals surface area contributed by atoms with Crippen molar-refractivity contribution in [1.82, 2.24) is 4.90 Å². The Labute approximate surface area is 141 Å². The Kier molecular flexibility index (Phi) is 5.69. The summed E-state index contributed by atoms with van der Waals surface area (Å²) in [6, 6.07) is 16.2. The standard InChI is InChI=1S/C19H18N2O3/c1-21(13-15-9-7-14(12-20)8-10-15)19(23)17-6-4-3-5-16(17)11-18(22)24-2/h3-10H,11,13H2,1-2H3. The van der Waals surface area contributed by atoms with Gasteiger partial charge in [-0.05, 0) is 29.3 Å². The van der Waals surface area contributed by atoms with Crippen LogP contribution in [0.25, 0.3) is 0 Å². The molecule has 2 aromatic carbocycles. The van der Waals surface area contributed by atoms with Gasteiger partial charge in [0.05, 0.1) is 25.2 Å². The van der Waals surface area contributed by atoms with Crippen LogP contribution in [0.4, 0.5) is 0 Å². The number of methoxy groups -OCH3 is 1. The summed E-state index contributed by atoms with van der Waals surface area (Å²) >= 11 is 0. The summed E-state index contributed by atoms with van der Waals surface area (Å²) in [6.45, 7) is 0.414. The van der Waals surface area contributed by atoms with Crippen LogP contribution in [0.2, 0.25) is 0 Å². The molecule has 2 aromatic rings. The Hall–Kier alpha value is -3.13. The van der Waals surface area contributed by atoms with Crippen molar-refractivity contribution in [3.63, 3.8) is 0 Å². The first-order valence-corrected chi connectivity index (χ1v) is 7.44. The van der Waals surface area contributed by atoms with Crippen LogP contribution in [-0.2, 0) is 22.5 Å². The van der Waals surface area contributed by atoms with E-state index in [0.717, 1.165) is 5.56 Å². The van der Waals surface area contributed by atoms with Crippen LogP contribution in [-0.4, -0.2) is 30.9 Å². The van der Waals surface area contributed by atoms with Gasteiger partial charge in [0.25, 0.3) is 5.91 Å². The molecule has 0 aliphatic heterocycles. The van der Waals surface area contributed by atoms with Crippen LogP contribution in [0.5, 0.6) is 0 Å². The molecular formula is C19H18N2O3. The molecule has 0 spiro atoms. The van der Waals surface area contributed by atoms with Crippen LogP contribution in [0.1, 0.15) is 27.0 Å². The highest BCUT2D eigenvalue weighted by molar-refractivity contribution is 5.96. The van der Waals surface area contributed by atoms with Crippen LogP contribution in [0.3, 0.4) is 0 Å². The molecule has 122 valence electrons. The molecular weight excluding hydrogens is 304 g/mol. The summed E-state index contributed by atoms with van der Waals surface area (Å²) in [5.41, 5.74) is 2.63. The summed E-state index contributed by atoms with van der Waals surface area (Å²) in [4.78, 5) is 25.8. The van der Waals surface area contributed by atoms with Crippen LogP contribution >= 0.6 is 0 Å². The van der Waals surface area contributed by atoms with E-state index in [2.05, 4.69) is 10.8 Å². The number of esters is 1. The van der Waals surface area contributed by atoms with Gasteiger partial charge in [0.1, 0.15) is 0 Å². The maximum Gasteiger partial charge on any atom is 0.310 e. The highest BCUT2D eigenvalue weighted by atomic mass is 16.5. The first kappa shape index (κ1) is 17.2. The van der Waals surface area contributed by atoms with E-state index in [-0.39, 0.29) is 18.3 Å². The lowest BCUT2D eigenvalue weighted by Gasteiger charge is -2.19. The molecule has 0 N–H and O–H groups in total. The predicted molar refractivity (Wildman–Crippen MR) is 89.1 cm³/mol. The van der Waals surface area contributed by atoms with Crippen molar-refractivity contribution in [2.24, 2.45) is 0 Å². The molecule has 0 saturated heterocycles. The van der Waals surface area contributed by atoms with E-state index >= 15 is 0 Å². The average molecular weight is 322 g/mol. The van der Waals surface area contributed by atoms with Crippen molar-refractivity contribution in [2.75, 3.05) is 14.2 Å². The Morgan fingerprint density at radius 2 is 1.79 bits per heavy atom. The van der Waals surface area contributed by atoms with E-state index in [4.69, 9.17) is 5.26 Å². The predicted octanol–water partition coefficient (Wildman–Crippen LogP) is 2.55. The number of hydrogen-bond acceptors (Lipinski definition) is 4. The van der Waals surface area contributed by atoms with Crippen LogP contribution in [0, 0.1) is 11.3 Å². The van der Waals surface area contributed by atoms with E-state index in [1.165, 1.54) is 7.11 Å². The normalized spacial score (nSPS) is 9.88. The molecule has 0 aliphatic rings. The molecule has 24 heavy (non-hydrogen) atoms. The zero-order chi connectivity index (χ0) is 17.5. The number of carbonyl (C=O) groups is 2. The van der Waals surface area contributed by atoms with Crippen LogP contribution in [0.15, 0.2) is 48.5 Å². The fraction of sp³-hybridized carbons (Fsp3) is 0.211. The van der Waals surface area contributed by atoms with E-state index in [9.17, 15) is 9.59 Å². The molecule has 0 atom stereocenters. The van der Waals surface area contributed by atoms with Crippen molar-refractivity contribution in [3.8, 4) is 6.07 Å². The second-order valence-corrected chi connectivity index (χ2v) is 5.38. The Balaban J connectivity index is 2.15. The number of rotatable bonds is 5. The number of ether oxygens (including phenoxy) is 1. The van der Waals surface area contributed by atoms with Crippen molar-refractivity contribution >= 4 is 11.9 Å². The molecule has 5 heteroatoms. The van der Waals surface area contributed by atoms with E-state index in [0.29, 0.717) is 23.2 Å².